The smallest absolute Gasteiger partial charge is 0.0229 e. The van der Waals surface area contributed by atoms with Crippen molar-refractivity contribution in [1.29, 1.82) is 0 Å². The molecule has 1 aromatic rings. The Kier molecular flexibility index (Phi) is 4.64. The van der Waals surface area contributed by atoms with Crippen LogP contribution in [0.3, 0.4) is 0 Å². The Labute approximate surface area is 118 Å². The lowest BCUT2D eigenvalue weighted by Gasteiger charge is -2.23. The Morgan fingerprint density at radius 2 is 1.89 bits per heavy atom. The Hall–Kier alpha value is -0.860. The Morgan fingerprint density at radius 1 is 1.21 bits per heavy atom. The largest absolute Gasteiger partial charge is 0.315 e. The van der Waals surface area contributed by atoms with Crippen LogP contribution in [-0.4, -0.2) is 37.6 Å². The number of benzene rings is 1. The molecule has 0 aromatic heterocycles. The van der Waals surface area contributed by atoms with E-state index in [-0.39, 0.29) is 5.41 Å². The average molecular weight is 260 g/mol. The molecule has 1 heterocycles. The molecule has 1 aromatic carbocycles. The maximum absolute atomic E-state index is 3.43. The lowest BCUT2D eigenvalue weighted by atomic mass is 9.86. The summed E-state index contributed by atoms with van der Waals surface area (Å²) < 4.78 is 0. The molecule has 0 amide bonds. The first-order valence-corrected chi connectivity index (χ1v) is 7.47. The van der Waals surface area contributed by atoms with Crippen LogP contribution in [0.4, 0.5) is 0 Å². The lowest BCUT2D eigenvalue weighted by Crippen LogP contribution is -2.34. The fourth-order valence-corrected chi connectivity index (χ4v) is 2.68. The number of hydrogen-bond acceptors (Lipinski definition) is 2. The molecule has 1 aliphatic rings. The molecule has 2 rings (SSSR count). The van der Waals surface area contributed by atoms with E-state index in [1.807, 2.05) is 0 Å². The van der Waals surface area contributed by atoms with Crippen molar-refractivity contribution in [2.75, 3.05) is 26.7 Å². The zero-order valence-corrected chi connectivity index (χ0v) is 12.9. The van der Waals surface area contributed by atoms with Gasteiger partial charge in [0, 0.05) is 19.1 Å². The standard InChI is InChI=1S/C17H28N2/c1-17(2,3)15-7-5-14(6-8-15)10-12-19(4)16-9-11-18-13-16/h5-8,16,18H,9-13H2,1-4H3. The van der Waals surface area contributed by atoms with Crippen LogP contribution >= 0.6 is 0 Å². The predicted molar refractivity (Wildman–Crippen MR) is 82.8 cm³/mol. The fraction of sp³-hybridized carbons (Fsp3) is 0.647. The predicted octanol–water partition coefficient (Wildman–Crippen LogP) is 2.82. The van der Waals surface area contributed by atoms with Gasteiger partial charge in [-0.1, -0.05) is 45.0 Å². The summed E-state index contributed by atoms with van der Waals surface area (Å²) in [5.74, 6) is 0. The number of hydrogen-bond donors (Lipinski definition) is 1. The Morgan fingerprint density at radius 3 is 2.42 bits per heavy atom. The van der Waals surface area contributed by atoms with Crippen LogP contribution in [0.25, 0.3) is 0 Å². The van der Waals surface area contributed by atoms with Crippen molar-refractivity contribution in [2.24, 2.45) is 0 Å². The van der Waals surface area contributed by atoms with Gasteiger partial charge in [-0.2, -0.15) is 0 Å². The van der Waals surface area contributed by atoms with Gasteiger partial charge in [-0.3, -0.25) is 0 Å². The molecule has 1 aliphatic heterocycles. The first-order chi connectivity index (χ1) is 8.97. The monoisotopic (exact) mass is 260 g/mol. The molecule has 2 heteroatoms. The topological polar surface area (TPSA) is 15.3 Å². The van der Waals surface area contributed by atoms with Crippen molar-refractivity contribution in [1.82, 2.24) is 10.2 Å². The van der Waals surface area contributed by atoms with E-state index in [1.54, 1.807) is 0 Å². The van der Waals surface area contributed by atoms with E-state index in [2.05, 4.69) is 62.3 Å². The third-order valence-corrected chi connectivity index (χ3v) is 4.23. The van der Waals surface area contributed by atoms with Gasteiger partial charge in [0.15, 0.2) is 0 Å². The fourth-order valence-electron chi connectivity index (χ4n) is 2.68. The summed E-state index contributed by atoms with van der Waals surface area (Å²) in [5.41, 5.74) is 3.13. The van der Waals surface area contributed by atoms with Crippen LogP contribution in [0, 0.1) is 0 Å². The molecule has 1 saturated heterocycles. The third kappa shape index (κ3) is 4.05. The summed E-state index contributed by atoms with van der Waals surface area (Å²) in [6.45, 7) is 10.3. The summed E-state index contributed by atoms with van der Waals surface area (Å²) in [6, 6.07) is 9.88. The van der Waals surface area contributed by atoms with E-state index < -0.39 is 0 Å². The minimum atomic E-state index is 0.255. The molecule has 0 bridgehead atoms. The number of nitrogens with one attached hydrogen (secondary N) is 1. The maximum atomic E-state index is 3.43. The number of nitrogens with zero attached hydrogens (tertiary/aromatic N) is 1. The van der Waals surface area contributed by atoms with Gasteiger partial charge < -0.3 is 10.2 Å². The summed E-state index contributed by atoms with van der Waals surface area (Å²) in [5, 5.41) is 3.43. The summed E-state index contributed by atoms with van der Waals surface area (Å²) >= 11 is 0. The van der Waals surface area contributed by atoms with Gasteiger partial charge in [0.25, 0.3) is 0 Å². The molecule has 19 heavy (non-hydrogen) atoms. The van der Waals surface area contributed by atoms with Gasteiger partial charge in [0.2, 0.25) is 0 Å². The maximum Gasteiger partial charge on any atom is 0.0229 e. The van der Waals surface area contributed by atoms with Crippen LogP contribution in [0.2, 0.25) is 0 Å². The van der Waals surface area contributed by atoms with Gasteiger partial charge >= 0.3 is 0 Å². The van der Waals surface area contributed by atoms with Crippen LogP contribution in [-0.2, 0) is 11.8 Å². The van der Waals surface area contributed by atoms with Crippen LogP contribution in [0.5, 0.6) is 0 Å². The Bertz CT molecular complexity index is 383. The van der Waals surface area contributed by atoms with E-state index in [0.717, 1.165) is 25.6 Å². The van der Waals surface area contributed by atoms with Gasteiger partial charge in [0.05, 0.1) is 0 Å². The Balaban J connectivity index is 1.86. The van der Waals surface area contributed by atoms with E-state index >= 15 is 0 Å². The van der Waals surface area contributed by atoms with Crippen molar-refractivity contribution in [2.45, 2.75) is 45.1 Å². The average Bonchev–Trinajstić information content (AvgIpc) is 2.89. The highest BCUT2D eigenvalue weighted by atomic mass is 15.2. The third-order valence-electron chi connectivity index (χ3n) is 4.23. The van der Waals surface area contributed by atoms with Crippen molar-refractivity contribution in [3.63, 3.8) is 0 Å². The van der Waals surface area contributed by atoms with Gasteiger partial charge in [-0.15, -0.1) is 0 Å². The summed E-state index contributed by atoms with van der Waals surface area (Å²) in [4.78, 5) is 2.50. The number of likely N-dealkylation sites (N-methyl/N-ethyl adjacent to an activating group) is 1. The molecular formula is C17H28N2. The molecule has 1 atom stereocenters. The van der Waals surface area contributed by atoms with E-state index in [0.29, 0.717) is 0 Å². The number of rotatable bonds is 4. The quantitative estimate of drug-likeness (QED) is 0.895. The van der Waals surface area contributed by atoms with Gasteiger partial charge in [-0.05, 0) is 43.0 Å². The second-order valence-electron chi connectivity index (χ2n) is 6.82. The van der Waals surface area contributed by atoms with Crippen molar-refractivity contribution >= 4 is 0 Å². The zero-order chi connectivity index (χ0) is 13.9. The second kappa shape index (κ2) is 6.06. The highest BCUT2D eigenvalue weighted by molar-refractivity contribution is 5.27. The van der Waals surface area contributed by atoms with E-state index in [4.69, 9.17) is 0 Å². The second-order valence-corrected chi connectivity index (χ2v) is 6.82. The van der Waals surface area contributed by atoms with Crippen molar-refractivity contribution in [3.8, 4) is 0 Å². The van der Waals surface area contributed by atoms with Crippen LogP contribution < -0.4 is 5.32 Å². The molecule has 0 spiro atoms. The molecular weight excluding hydrogens is 232 g/mol. The molecule has 0 aliphatic carbocycles. The van der Waals surface area contributed by atoms with Crippen LogP contribution in [0.1, 0.15) is 38.3 Å². The normalized spacial score (nSPS) is 20.2. The molecule has 1 N–H and O–H groups in total. The molecule has 106 valence electrons. The van der Waals surface area contributed by atoms with Crippen molar-refractivity contribution in [3.05, 3.63) is 35.4 Å². The van der Waals surface area contributed by atoms with Crippen molar-refractivity contribution < 1.29 is 0 Å². The minimum Gasteiger partial charge on any atom is -0.315 e. The minimum absolute atomic E-state index is 0.255. The molecule has 0 radical (unpaired) electrons. The molecule has 2 nitrogen and oxygen atoms in total. The highest BCUT2D eigenvalue weighted by Gasteiger charge is 2.18. The summed E-state index contributed by atoms with van der Waals surface area (Å²) in [6.07, 6.45) is 2.44. The molecule has 1 fully saturated rings. The highest BCUT2D eigenvalue weighted by Crippen LogP contribution is 2.22. The molecule has 0 saturated carbocycles. The van der Waals surface area contributed by atoms with Gasteiger partial charge in [-0.25, -0.2) is 0 Å². The first kappa shape index (κ1) is 14.5. The van der Waals surface area contributed by atoms with Crippen LogP contribution in [0.15, 0.2) is 24.3 Å². The summed E-state index contributed by atoms with van der Waals surface area (Å²) in [7, 11) is 2.25. The van der Waals surface area contributed by atoms with Gasteiger partial charge in [0.1, 0.15) is 0 Å². The SMILES string of the molecule is CN(CCc1ccc(C(C)(C)C)cc1)C1CCNC1. The lowest BCUT2D eigenvalue weighted by molar-refractivity contribution is 0.260. The van der Waals surface area contributed by atoms with E-state index in [1.165, 1.54) is 24.1 Å². The first-order valence-electron chi connectivity index (χ1n) is 7.47. The zero-order valence-electron chi connectivity index (χ0n) is 12.9. The van der Waals surface area contributed by atoms with E-state index in [9.17, 15) is 0 Å². The molecule has 1 unspecified atom stereocenters.